The molecule has 1 aromatic heterocycles. The highest BCUT2D eigenvalue weighted by atomic mass is 32.2. The van der Waals surface area contributed by atoms with Crippen LogP contribution in [0.5, 0.6) is 0 Å². The molecule has 1 unspecified atom stereocenters. The number of amides is 1. The summed E-state index contributed by atoms with van der Waals surface area (Å²) in [5.74, 6) is 0.440. The molecule has 0 aliphatic rings. The summed E-state index contributed by atoms with van der Waals surface area (Å²) in [5.41, 5.74) is 4.77. The molecule has 0 spiro atoms. The van der Waals surface area contributed by atoms with Crippen LogP contribution in [-0.4, -0.2) is 38.9 Å². The van der Waals surface area contributed by atoms with Crippen molar-refractivity contribution >= 4 is 17.7 Å². The minimum atomic E-state index is -0.650. The number of nitrogens with two attached hydrogens (primary N) is 1. The Morgan fingerprint density at radius 1 is 1.71 bits per heavy atom. The predicted molar refractivity (Wildman–Crippen MR) is 67.6 cm³/mol. The van der Waals surface area contributed by atoms with Gasteiger partial charge in [-0.3, -0.25) is 9.89 Å². The monoisotopic (exact) mass is 257 g/mol. The second kappa shape index (κ2) is 6.61. The summed E-state index contributed by atoms with van der Waals surface area (Å²) in [6, 6.07) is 0. The van der Waals surface area contributed by atoms with Crippen LogP contribution < -0.4 is 11.1 Å². The van der Waals surface area contributed by atoms with Crippen molar-refractivity contribution in [1.82, 2.24) is 20.5 Å². The maximum absolute atomic E-state index is 11.4. The molecule has 0 fully saturated rings. The average molecular weight is 257 g/mol. The van der Waals surface area contributed by atoms with Gasteiger partial charge in [-0.25, -0.2) is 4.98 Å². The molecule has 4 N–H and O–H groups in total. The third kappa shape index (κ3) is 4.35. The summed E-state index contributed by atoms with van der Waals surface area (Å²) in [7, 11) is 0. The lowest BCUT2D eigenvalue weighted by molar-refractivity contribution is -0.123. The average Bonchev–Trinajstić information content (AvgIpc) is 2.79. The molecule has 0 radical (unpaired) electrons. The molecule has 1 aromatic rings. The van der Waals surface area contributed by atoms with Crippen molar-refractivity contribution in [3.63, 3.8) is 0 Å². The fourth-order valence-electron chi connectivity index (χ4n) is 1.32. The van der Waals surface area contributed by atoms with Crippen LogP contribution in [0.1, 0.15) is 26.7 Å². The Bertz CT molecular complexity index is 342. The molecule has 0 saturated heterocycles. The van der Waals surface area contributed by atoms with Gasteiger partial charge in [0, 0.05) is 5.75 Å². The Kier molecular flexibility index (Phi) is 5.43. The Hall–Kier alpha value is -1.08. The van der Waals surface area contributed by atoms with Gasteiger partial charge in [0.25, 0.3) is 0 Å². The van der Waals surface area contributed by atoms with Crippen molar-refractivity contribution in [2.45, 2.75) is 37.4 Å². The summed E-state index contributed by atoms with van der Waals surface area (Å²) < 4.78 is 0. The third-order valence-corrected chi connectivity index (χ3v) is 3.42. The summed E-state index contributed by atoms with van der Waals surface area (Å²) in [5, 5.41) is 10.5. The number of nitrogens with zero attached hydrogens (tertiary/aromatic N) is 2. The first kappa shape index (κ1) is 14.0. The highest BCUT2D eigenvalue weighted by Gasteiger charge is 2.29. The first-order valence-electron chi connectivity index (χ1n) is 5.61. The Balaban J connectivity index is 2.41. The molecule has 1 amide bonds. The lowest BCUT2D eigenvalue weighted by Gasteiger charge is -2.27. The fourth-order valence-corrected chi connectivity index (χ4v) is 2.26. The van der Waals surface area contributed by atoms with Crippen molar-refractivity contribution in [3.8, 4) is 0 Å². The van der Waals surface area contributed by atoms with Crippen LogP contribution in [0.3, 0.4) is 0 Å². The smallest absolute Gasteiger partial charge is 0.237 e. The molecule has 0 aliphatic heterocycles. The highest BCUT2D eigenvalue weighted by Crippen LogP contribution is 2.18. The van der Waals surface area contributed by atoms with Crippen LogP contribution in [0.25, 0.3) is 0 Å². The van der Waals surface area contributed by atoms with Crippen LogP contribution in [-0.2, 0) is 4.79 Å². The quantitative estimate of drug-likeness (QED) is 0.590. The molecule has 1 heterocycles. The van der Waals surface area contributed by atoms with E-state index in [1.807, 2.05) is 6.92 Å². The predicted octanol–water partition coefficient (Wildman–Crippen LogP) is 0.530. The molecule has 1 rings (SSSR count). The van der Waals surface area contributed by atoms with Crippen molar-refractivity contribution in [1.29, 1.82) is 0 Å². The second-order valence-electron chi connectivity index (χ2n) is 4.01. The van der Waals surface area contributed by atoms with Crippen LogP contribution >= 0.6 is 11.8 Å². The van der Waals surface area contributed by atoms with E-state index in [1.54, 1.807) is 0 Å². The van der Waals surface area contributed by atoms with E-state index in [0.29, 0.717) is 6.42 Å². The summed E-state index contributed by atoms with van der Waals surface area (Å²) in [4.78, 5) is 15.4. The number of H-pyrrole nitrogens is 1. The van der Waals surface area contributed by atoms with E-state index in [-0.39, 0.29) is 5.91 Å². The largest absolute Gasteiger partial charge is 0.368 e. The number of carbonyl (C=O) groups excluding carboxylic acids is 1. The lowest BCUT2D eigenvalue weighted by Crippen LogP contribution is -2.53. The fraction of sp³-hybridized carbons (Fsp3) is 0.700. The highest BCUT2D eigenvalue weighted by molar-refractivity contribution is 7.99. The molecule has 0 aromatic carbocycles. The molecule has 0 aliphatic carbocycles. The van der Waals surface area contributed by atoms with E-state index in [2.05, 4.69) is 27.4 Å². The minimum absolute atomic E-state index is 0.316. The molecule has 1 atom stereocenters. The molecule has 0 bridgehead atoms. The molecular weight excluding hydrogens is 238 g/mol. The van der Waals surface area contributed by atoms with Gasteiger partial charge in [-0.2, -0.15) is 5.10 Å². The first-order valence-corrected chi connectivity index (χ1v) is 6.60. The standard InChI is InChI=1S/C10H19N5OS/c1-3-5-13-10(2,8(11)16)4-6-17-9-12-7-14-15-9/h7,13H,3-6H2,1-2H3,(H2,11,16)(H,12,14,15). The number of hydrogen-bond acceptors (Lipinski definition) is 5. The maximum atomic E-state index is 11.4. The summed E-state index contributed by atoms with van der Waals surface area (Å²) in [6.45, 7) is 4.68. The SMILES string of the molecule is CCCNC(C)(CCSc1ncn[nH]1)C(N)=O. The number of hydrogen-bond donors (Lipinski definition) is 3. The van der Waals surface area contributed by atoms with Crippen molar-refractivity contribution in [3.05, 3.63) is 6.33 Å². The van der Waals surface area contributed by atoms with E-state index in [0.717, 1.165) is 23.9 Å². The number of primary amides is 1. The maximum Gasteiger partial charge on any atom is 0.237 e. The zero-order chi connectivity index (χ0) is 12.7. The van der Waals surface area contributed by atoms with E-state index >= 15 is 0 Å². The van der Waals surface area contributed by atoms with Gasteiger partial charge >= 0.3 is 0 Å². The summed E-state index contributed by atoms with van der Waals surface area (Å²) >= 11 is 1.53. The topological polar surface area (TPSA) is 96.7 Å². The van der Waals surface area contributed by atoms with Gasteiger partial charge in [-0.05, 0) is 26.3 Å². The Morgan fingerprint density at radius 3 is 3.00 bits per heavy atom. The molecular formula is C10H19N5OS. The zero-order valence-electron chi connectivity index (χ0n) is 10.2. The number of aromatic amines is 1. The molecule has 96 valence electrons. The molecule has 17 heavy (non-hydrogen) atoms. The van der Waals surface area contributed by atoms with Gasteiger partial charge in [0.2, 0.25) is 5.91 Å². The number of nitrogens with one attached hydrogen (secondary N) is 2. The van der Waals surface area contributed by atoms with Gasteiger partial charge < -0.3 is 11.1 Å². The number of thioether (sulfide) groups is 1. The van der Waals surface area contributed by atoms with E-state index in [1.165, 1.54) is 18.1 Å². The number of carbonyl (C=O) groups is 1. The van der Waals surface area contributed by atoms with Gasteiger partial charge in [0.05, 0.1) is 5.54 Å². The van der Waals surface area contributed by atoms with Gasteiger partial charge in [-0.1, -0.05) is 18.7 Å². The first-order chi connectivity index (χ1) is 8.08. The molecule has 6 nitrogen and oxygen atoms in total. The van der Waals surface area contributed by atoms with Crippen molar-refractivity contribution in [2.24, 2.45) is 5.73 Å². The van der Waals surface area contributed by atoms with E-state index in [9.17, 15) is 4.79 Å². The normalized spacial score (nSPS) is 14.5. The van der Waals surface area contributed by atoms with Crippen molar-refractivity contribution < 1.29 is 4.79 Å². The van der Waals surface area contributed by atoms with Crippen LogP contribution in [0.4, 0.5) is 0 Å². The van der Waals surface area contributed by atoms with Gasteiger partial charge in [-0.15, -0.1) is 0 Å². The minimum Gasteiger partial charge on any atom is -0.368 e. The van der Waals surface area contributed by atoms with E-state index < -0.39 is 5.54 Å². The molecule has 0 saturated carbocycles. The van der Waals surface area contributed by atoms with E-state index in [4.69, 9.17) is 5.73 Å². The van der Waals surface area contributed by atoms with Crippen LogP contribution in [0, 0.1) is 0 Å². The number of aromatic nitrogens is 3. The lowest BCUT2D eigenvalue weighted by atomic mass is 9.98. The number of rotatable bonds is 8. The second-order valence-corrected chi connectivity index (χ2v) is 5.10. The van der Waals surface area contributed by atoms with Crippen LogP contribution in [0.2, 0.25) is 0 Å². The van der Waals surface area contributed by atoms with Gasteiger partial charge in [0.15, 0.2) is 5.16 Å². The van der Waals surface area contributed by atoms with Crippen LogP contribution in [0.15, 0.2) is 11.5 Å². The summed E-state index contributed by atoms with van der Waals surface area (Å²) in [6.07, 6.45) is 3.09. The Morgan fingerprint density at radius 2 is 2.47 bits per heavy atom. The molecule has 7 heteroatoms. The zero-order valence-corrected chi connectivity index (χ0v) is 11.0. The van der Waals surface area contributed by atoms with Crippen molar-refractivity contribution in [2.75, 3.05) is 12.3 Å². The third-order valence-electron chi connectivity index (χ3n) is 2.54. The Labute approximate surface area is 105 Å². The van der Waals surface area contributed by atoms with Gasteiger partial charge in [0.1, 0.15) is 6.33 Å².